The Hall–Kier alpha value is -1.55. The molecule has 0 aromatic heterocycles. The van der Waals surface area contributed by atoms with Gasteiger partial charge in [-0.1, -0.05) is 31.9 Å². The van der Waals surface area contributed by atoms with E-state index in [9.17, 15) is 4.79 Å². The Labute approximate surface area is 133 Å². The number of carboxylic acid groups (broad SMARTS) is 1. The molecule has 0 unspecified atom stereocenters. The predicted molar refractivity (Wildman–Crippen MR) is 87.3 cm³/mol. The molecule has 4 heteroatoms. The minimum absolute atomic E-state index is 0.191. The number of aryl methyl sites for hydroxylation is 2. The van der Waals surface area contributed by atoms with Gasteiger partial charge in [0.05, 0.1) is 12.5 Å². The highest BCUT2D eigenvalue weighted by Crippen LogP contribution is 2.27. The summed E-state index contributed by atoms with van der Waals surface area (Å²) in [5, 5.41) is 8.92. The topological polar surface area (TPSA) is 49.8 Å². The van der Waals surface area contributed by atoms with Gasteiger partial charge in [0, 0.05) is 19.6 Å². The minimum atomic E-state index is -0.681. The number of likely N-dealkylation sites (tertiary alicyclic amines) is 1. The van der Waals surface area contributed by atoms with Gasteiger partial charge in [-0.3, -0.25) is 9.69 Å². The molecule has 0 amide bonds. The van der Waals surface area contributed by atoms with Crippen LogP contribution in [0.15, 0.2) is 12.1 Å². The number of hydrogen-bond donors (Lipinski definition) is 1. The van der Waals surface area contributed by atoms with Crippen LogP contribution in [0.25, 0.3) is 0 Å². The number of benzene rings is 1. The zero-order chi connectivity index (χ0) is 16.1. The van der Waals surface area contributed by atoms with E-state index in [4.69, 9.17) is 9.84 Å². The summed E-state index contributed by atoms with van der Waals surface area (Å²) in [4.78, 5) is 13.0. The van der Waals surface area contributed by atoms with Gasteiger partial charge in [-0.25, -0.2) is 0 Å². The molecule has 1 heterocycles. The molecule has 1 aliphatic rings. The van der Waals surface area contributed by atoms with Crippen LogP contribution in [0.2, 0.25) is 0 Å². The van der Waals surface area contributed by atoms with Crippen LogP contribution < -0.4 is 4.74 Å². The van der Waals surface area contributed by atoms with Gasteiger partial charge < -0.3 is 9.84 Å². The molecule has 22 heavy (non-hydrogen) atoms. The van der Waals surface area contributed by atoms with E-state index in [1.54, 1.807) is 0 Å². The highest BCUT2D eigenvalue weighted by molar-refractivity contribution is 5.71. The second-order valence-corrected chi connectivity index (χ2v) is 6.34. The number of hydrogen-bond acceptors (Lipinski definition) is 3. The number of carbonyl (C=O) groups is 1. The highest BCUT2D eigenvalue weighted by Gasteiger charge is 2.32. The van der Waals surface area contributed by atoms with Crippen LogP contribution in [-0.4, -0.2) is 35.7 Å². The van der Waals surface area contributed by atoms with E-state index < -0.39 is 5.97 Å². The number of carboxylic acids is 1. The van der Waals surface area contributed by atoms with Crippen molar-refractivity contribution in [2.75, 3.05) is 19.7 Å². The smallest absolute Gasteiger partial charge is 0.309 e. The SMILES string of the molecule is CCCCCOc1c(C)cc(CN2CC(C(=O)O)C2)cc1C. The summed E-state index contributed by atoms with van der Waals surface area (Å²) in [5.74, 6) is 0.134. The molecular weight excluding hydrogens is 278 g/mol. The first kappa shape index (κ1) is 16.8. The van der Waals surface area contributed by atoms with Crippen LogP contribution in [0.1, 0.15) is 42.9 Å². The second-order valence-electron chi connectivity index (χ2n) is 6.34. The van der Waals surface area contributed by atoms with Crippen molar-refractivity contribution in [1.82, 2.24) is 4.90 Å². The first-order valence-corrected chi connectivity index (χ1v) is 8.19. The van der Waals surface area contributed by atoms with Crippen molar-refractivity contribution in [2.45, 2.75) is 46.6 Å². The summed E-state index contributed by atoms with van der Waals surface area (Å²) in [6.07, 6.45) is 3.50. The molecule has 1 aromatic carbocycles. The minimum Gasteiger partial charge on any atom is -0.493 e. The summed E-state index contributed by atoms with van der Waals surface area (Å²) in [6.45, 7) is 9.27. The Balaban J connectivity index is 1.90. The molecule has 2 rings (SSSR count). The van der Waals surface area contributed by atoms with Crippen LogP contribution in [-0.2, 0) is 11.3 Å². The van der Waals surface area contributed by atoms with Crippen molar-refractivity contribution in [3.63, 3.8) is 0 Å². The molecule has 0 saturated carbocycles. The molecule has 1 saturated heterocycles. The molecule has 1 aromatic rings. The average Bonchev–Trinajstić information content (AvgIpc) is 2.40. The fraction of sp³-hybridized carbons (Fsp3) is 0.611. The van der Waals surface area contributed by atoms with Crippen molar-refractivity contribution in [3.05, 3.63) is 28.8 Å². The lowest BCUT2D eigenvalue weighted by Gasteiger charge is -2.36. The van der Waals surface area contributed by atoms with Crippen LogP contribution in [0.5, 0.6) is 5.75 Å². The monoisotopic (exact) mass is 305 g/mol. The Kier molecular flexibility index (Phi) is 5.83. The van der Waals surface area contributed by atoms with Gasteiger partial charge in [0.2, 0.25) is 0 Å². The van der Waals surface area contributed by atoms with Crippen molar-refractivity contribution in [1.29, 1.82) is 0 Å². The molecule has 1 fully saturated rings. The van der Waals surface area contributed by atoms with E-state index in [1.807, 2.05) is 0 Å². The predicted octanol–water partition coefficient (Wildman–Crippen LogP) is 3.39. The Bertz CT molecular complexity index is 498. The Morgan fingerprint density at radius 2 is 1.91 bits per heavy atom. The van der Waals surface area contributed by atoms with E-state index in [2.05, 4.69) is 37.8 Å². The quantitative estimate of drug-likeness (QED) is 0.748. The first-order chi connectivity index (χ1) is 10.5. The fourth-order valence-corrected chi connectivity index (χ4v) is 3.00. The highest BCUT2D eigenvalue weighted by atomic mass is 16.5. The van der Waals surface area contributed by atoms with E-state index in [0.29, 0.717) is 13.1 Å². The third kappa shape index (κ3) is 4.23. The zero-order valence-corrected chi connectivity index (χ0v) is 13.9. The van der Waals surface area contributed by atoms with E-state index >= 15 is 0 Å². The summed E-state index contributed by atoms with van der Waals surface area (Å²) >= 11 is 0. The van der Waals surface area contributed by atoms with Crippen molar-refractivity contribution in [2.24, 2.45) is 5.92 Å². The Morgan fingerprint density at radius 1 is 1.27 bits per heavy atom. The largest absolute Gasteiger partial charge is 0.493 e. The number of rotatable bonds is 8. The van der Waals surface area contributed by atoms with Crippen LogP contribution in [0.4, 0.5) is 0 Å². The average molecular weight is 305 g/mol. The molecule has 122 valence electrons. The van der Waals surface area contributed by atoms with Gasteiger partial charge in [0.25, 0.3) is 0 Å². The van der Waals surface area contributed by atoms with Crippen molar-refractivity contribution < 1.29 is 14.6 Å². The molecule has 0 bridgehead atoms. The lowest BCUT2D eigenvalue weighted by molar-refractivity contribution is -0.147. The molecule has 1 N–H and O–H groups in total. The van der Waals surface area contributed by atoms with Crippen molar-refractivity contribution in [3.8, 4) is 5.75 Å². The molecule has 1 aliphatic heterocycles. The van der Waals surface area contributed by atoms with Gasteiger partial charge in [0.15, 0.2) is 0 Å². The summed E-state index contributed by atoms with van der Waals surface area (Å²) in [6, 6.07) is 4.33. The standard InChI is InChI=1S/C18H27NO3/c1-4-5-6-7-22-17-13(2)8-15(9-14(17)3)10-19-11-16(12-19)18(20)21/h8-9,16H,4-7,10-12H2,1-3H3,(H,20,21). The van der Waals surface area contributed by atoms with Gasteiger partial charge in [-0.05, 0) is 37.0 Å². The summed E-state index contributed by atoms with van der Waals surface area (Å²) in [5.41, 5.74) is 3.57. The maximum atomic E-state index is 10.8. The maximum absolute atomic E-state index is 10.8. The number of nitrogens with zero attached hydrogens (tertiary/aromatic N) is 1. The van der Waals surface area contributed by atoms with Gasteiger partial charge >= 0.3 is 5.97 Å². The number of unbranched alkanes of at least 4 members (excludes halogenated alkanes) is 2. The second kappa shape index (κ2) is 7.63. The van der Waals surface area contributed by atoms with E-state index in [-0.39, 0.29) is 5.92 Å². The third-order valence-electron chi connectivity index (χ3n) is 4.23. The molecule has 0 atom stereocenters. The maximum Gasteiger partial charge on any atom is 0.309 e. The van der Waals surface area contributed by atoms with Gasteiger partial charge in [-0.2, -0.15) is 0 Å². The van der Waals surface area contributed by atoms with Gasteiger partial charge in [0.1, 0.15) is 5.75 Å². The lowest BCUT2D eigenvalue weighted by Crippen LogP contribution is -2.49. The first-order valence-electron chi connectivity index (χ1n) is 8.19. The van der Waals surface area contributed by atoms with E-state index in [1.165, 1.54) is 29.5 Å². The molecule has 0 spiro atoms. The summed E-state index contributed by atoms with van der Waals surface area (Å²) in [7, 11) is 0. The van der Waals surface area contributed by atoms with Crippen LogP contribution >= 0.6 is 0 Å². The molecule has 0 radical (unpaired) electrons. The van der Waals surface area contributed by atoms with Gasteiger partial charge in [-0.15, -0.1) is 0 Å². The summed E-state index contributed by atoms with van der Waals surface area (Å²) < 4.78 is 5.93. The Morgan fingerprint density at radius 3 is 2.45 bits per heavy atom. The van der Waals surface area contributed by atoms with Crippen LogP contribution in [0, 0.1) is 19.8 Å². The molecule has 4 nitrogen and oxygen atoms in total. The number of aliphatic carboxylic acids is 1. The number of ether oxygens (including phenoxy) is 1. The molecular formula is C18H27NO3. The molecule has 0 aliphatic carbocycles. The van der Waals surface area contributed by atoms with E-state index in [0.717, 1.165) is 25.3 Å². The lowest BCUT2D eigenvalue weighted by atomic mass is 9.98. The van der Waals surface area contributed by atoms with Crippen LogP contribution in [0.3, 0.4) is 0 Å². The normalized spacial score (nSPS) is 15.6. The zero-order valence-electron chi connectivity index (χ0n) is 13.9. The third-order valence-corrected chi connectivity index (χ3v) is 4.23. The fourth-order valence-electron chi connectivity index (χ4n) is 3.00. The van der Waals surface area contributed by atoms with Crippen molar-refractivity contribution >= 4 is 5.97 Å².